The van der Waals surface area contributed by atoms with Crippen LogP contribution in [0.2, 0.25) is 0 Å². The summed E-state index contributed by atoms with van der Waals surface area (Å²) in [4.78, 5) is 16.6. The Labute approximate surface area is 131 Å². The molecule has 21 heavy (non-hydrogen) atoms. The normalized spacial score (nSPS) is 10.6. The first-order valence-electron chi connectivity index (χ1n) is 6.56. The maximum Gasteiger partial charge on any atom is 0.255 e. The highest BCUT2D eigenvalue weighted by molar-refractivity contribution is 9.10. The number of benzene rings is 2. The van der Waals surface area contributed by atoms with Gasteiger partial charge in [0.1, 0.15) is 0 Å². The predicted octanol–water partition coefficient (Wildman–Crippen LogP) is 4.56. The van der Waals surface area contributed by atoms with Gasteiger partial charge < -0.3 is 5.32 Å². The number of amides is 1. The fraction of sp³-hybridized carbons (Fsp3) is 0.0588. The van der Waals surface area contributed by atoms with Crippen molar-refractivity contribution in [2.24, 2.45) is 0 Å². The van der Waals surface area contributed by atoms with Crippen molar-refractivity contribution in [1.82, 2.24) is 4.98 Å². The minimum absolute atomic E-state index is 0.114. The molecule has 1 heterocycles. The number of carbonyl (C=O) groups is 1. The molecule has 0 unspecified atom stereocenters. The van der Waals surface area contributed by atoms with Crippen LogP contribution in [0, 0.1) is 6.92 Å². The zero-order valence-electron chi connectivity index (χ0n) is 11.4. The molecule has 104 valence electrons. The van der Waals surface area contributed by atoms with Crippen LogP contribution in [-0.2, 0) is 0 Å². The lowest BCUT2D eigenvalue weighted by atomic mass is 10.1. The smallest absolute Gasteiger partial charge is 0.255 e. The van der Waals surface area contributed by atoms with Crippen molar-refractivity contribution < 1.29 is 4.79 Å². The van der Waals surface area contributed by atoms with Crippen LogP contribution in [0.25, 0.3) is 10.9 Å². The molecule has 4 heteroatoms. The van der Waals surface area contributed by atoms with E-state index in [4.69, 9.17) is 0 Å². The molecule has 1 amide bonds. The molecule has 0 aliphatic carbocycles. The molecule has 3 nitrogen and oxygen atoms in total. The summed E-state index contributed by atoms with van der Waals surface area (Å²) in [5.74, 6) is -0.114. The Hall–Kier alpha value is -2.20. The first-order chi connectivity index (χ1) is 10.1. The van der Waals surface area contributed by atoms with Gasteiger partial charge in [0.05, 0.1) is 5.52 Å². The number of aromatic nitrogens is 1. The summed E-state index contributed by atoms with van der Waals surface area (Å²) >= 11 is 3.39. The molecule has 0 atom stereocenters. The Bertz CT molecular complexity index is 830. The summed E-state index contributed by atoms with van der Waals surface area (Å²) in [6.07, 6.45) is 1.76. The van der Waals surface area contributed by atoms with E-state index in [9.17, 15) is 4.79 Å². The maximum absolute atomic E-state index is 12.4. The highest BCUT2D eigenvalue weighted by Crippen LogP contribution is 2.20. The molecule has 2 aromatic carbocycles. The Morgan fingerprint density at radius 1 is 1.14 bits per heavy atom. The van der Waals surface area contributed by atoms with Gasteiger partial charge in [-0.3, -0.25) is 9.78 Å². The lowest BCUT2D eigenvalue weighted by Crippen LogP contribution is -2.13. The predicted molar refractivity (Wildman–Crippen MR) is 88.6 cm³/mol. The Morgan fingerprint density at radius 2 is 2.00 bits per heavy atom. The molecule has 3 aromatic rings. The number of hydrogen-bond donors (Lipinski definition) is 1. The quantitative estimate of drug-likeness (QED) is 0.743. The second-order valence-electron chi connectivity index (χ2n) is 4.82. The van der Waals surface area contributed by atoms with E-state index in [0.29, 0.717) is 5.56 Å². The van der Waals surface area contributed by atoms with Gasteiger partial charge >= 0.3 is 0 Å². The number of halogens is 1. The van der Waals surface area contributed by atoms with E-state index in [1.807, 2.05) is 55.5 Å². The molecule has 0 aliphatic heterocycles. The molecule has 0 fully saturated rings. The van der Waals surface area contributed by atoms with Crippen LogP contribution in [0.3, 0.4) is 0 Å². The summed E-state index contributed by atoms with van der Waals surface area (Å²) in [6, 6.07) is 15.2. The number of pyridine rings is 1. The van der Waals surface area contributed by atoms with Crippen LogP contribution in [0.15, 0.2) is 59.2 Å². The van der Waals surface area contributed by atoms with E-state index in [-0.39, 0.29) is 5.91 Å². The number of aryl methyl sites for hydroxylation is 1. The van der Waals surface area contributed by atoms with Gasteiger partial charge in [-0.2, -0.15) is 0 Å². The molecule has 0 aliphatic rings. The van der Waals surface area contributed by atoms with Gasteiger partial charge in [0, 0.05) is 27.3 Å². The molecular formula is C17H13BrN2O. The second kappa shape index (κ2) is 5.66. The average Bonchev–Trinajstić information content (AvgIpc) is 2.49. The van der Waals surface area contributed by atoms with E-state index in [1.54, 1.807) is 6.20 Å². The van der Waals surface area contributed by atoms with E-state index in [2.05, 4.69) is 26.2 Å². The number of rotatable bonds is 2. The van der Waals surface area contributed by atoms with Crippen LogP contribution in [0.5, 0.6) is 0 Å². The number of anilines is 1. The topological polar surface area (TPSA) is 42.0 Å². The first kappa shape index (κ1) is 13.8. The monoisotopic (exact) mass is 340 g/mol. The number of fused-ring (bicyclic) bond motifs is 1. The fourth-order valence-corrected chi connectivity index (χ4v) is 2.55. The third kappa shape index (κ3) is 2.95. The summed E-state index contributed by atoms with van der Waals surface area (Å²) in [5, 5.41) is 3.93. The van der Waals surface area contributed by atoms with Crippen LogP contribution < -0.4 is 5.32 Å². The highest BCUT2D eigenvalue weighted by Gasteiger charge is 2.10. The van der Waals surface area contributed by atoms with Gasteiger partial charge in [-0.25, -0.2) is 0 Å². The lowest BCUT2D eigenvalue weighted by Gasteiger charge is -2.09. The number of carbonyl (C=O) groups excluding carboxylic acids is 1. The summed E-state index contributed by atoms with van der Waals surface area (Å²) in [5.41, 5.74) is 3.28. The standard InChI is InChI=1S/C17H13BrN2O/c1-11-4-5-13(18)10-15(11)17(21)20-14-6-7-16-12(9-14)3-2-8-19-16/h2-10H,1H3,(H,20,21). The Kier molecular flexibility index (Phi) is 3.71. The van der Waals surface area contributed by atoms with Crippen molar-refractivity contribution in [3.8, 4) is 0 Å². The molecule has 0 radical (unpaired) electrons. The molecule has 0 bridgehead atoms. The Morgan fingerprint density at radius 3 is 2.86 bits per heavy atom. The van der Waals surface area contributed by atoms with Crippen molar-refractivity contribution in [3.63, 3.8) is 0 Å². The van der Waals surface area contributed by atoms with E-state index >= 15 is 0 Å². The molecule has 1 aromatic heterocycles. The molecule has 0 saturated heterocycles. The van der Waals surface area contributed by atoms with E-state index in [0.717, 1.165) is 26.6 Å². The van der Waals surface area contributed by atoms with Gasteiger partial charge in [0.15, 0.2) is 0 Å². The molecular weight excluding hydrogens is 328 g/mol. The van der Waals surface area contributed by atoms with Crippen LogP contribution in [0.4, 0.5) is 5.69 Å². The van der Waals surface area contributed by atoms with Gasteiger partial charge in [-0.05, 0) is 48.9 Å². The highest BCUT2D eigenvalue weighted by atomic mass is 79.9. The largest absolute Gasteiger partial charge is 0.322 e. The zero-order valence-corrected chi connectivity index (χ0v) is 13.0. The number of hydrogen-bond acceptors (Lipinski definition) is 2. The first-order valence-corrected chi connectivity index (χ1v) is 7.35. The molecule has 1 N–H and O–H groups in total. The van der Waals surface area contributed by atoms with Gasteiger partial charge in [-0.1, -0.05) is 28.1 Å². The molecule has 0 saturated carbocycles. The number of nitrogens with zero attached hydrogens (tertiary/aromatic N) is 1. The minimum Gasteiger partial charge on any atom is -0.322 e. The SMILES string of the molecule is Cc1ccc(Br)cc1C(=O)Nc1ccc2ncccc2c1. The second-order valence-corrected chi connectivity index (χ2v) is 5.74. The molecule has 0 spiro atoms. The van der Waals surface area contributed by atoms with Gasteiger partial charge in [-0.15, -0.1) is 0 Å². The molecule has 3 rings (SSSR count). The lowest BCUT2D eigenvalue weighted by molar-refractivity contribution is 0.102. The summed E-state index contributed by atoms with van der Waals surface area (Å²) in [7, 11) is 0. The Balaban J connectivity index is 1.90. The van der Waals surface area contributed by atoms with Crippen molar-refractivity contribution in [1.29, 1.82) is 0 Å². The van der Waals surface area contributed by atoms with Gasteiger partial charge in [0.2, 0.25) is 0 Å². The third-order valence-electron chi connectivity index (χ3n) is 3.31. The summed E-state index contributed by atoms with van der Waals surface area (Å²) in [6.45, 7) is 1.92. The van der Waals surface area contributed by atoms with Gasteiger partial charge in [0.25, 0.3) is 5.91 Å². The van der Waals surface area contributed by atoms with Crippen LogP contribution in [0.1, 0.15) is 15.9 Å². The minimum atomic E-state index is -0.114. The van der Waals surface area contributed by atoms with Crippen molar-refractivity contribution in [2.45, 2.75) is 6.92 Å². The number of nitrogens with one attached hydrogen (secondary N) is 1. The van der Waals surface area contributed by atoms with Crippen molar-refractivity contribution in [3.05, 3.63) is 70.3 Å². The van der Waals surface area contributed by atoms with Crippen LogP contribution >= 0.6 is 15.9 Å². The van der Waals surface area contributed by atoms with E-state index < -0.39 is 0 Å². The average molecular weight is 341 g/mol. The van der Waals surface area contributed by atoms with Crippen LogP contribution in [-0.4, -0.2) is 10.9 Å². The summed E-state index contributed by atoms with van der Waals surface area (Å²) < 4.78 is 0.890. The fourth-order valence-electron chi connectivity index (χ4n) is 2.19. The third-order valence-corrected chi connectivity index (χ3v) is 3.80. The maximum atomic E-state index is 12.4. The van der Waals surface area contributed by atoms with Crippen molar-refractivity contribution in [2.75, 3.05) is 5.32 Å². The van der Waals surface area contributed by atoms with Crippen molar-refractivity contribution >= 4 is 38.4 Å². The zero-order chi connectivity index (χ0) is 14.8. The van der Waals surface area contributed by atoms with E-state index in [1.165, 1.54) is 0 Å².